The van der Waals surface area contributed by atoms with Gasteiger partial charge >= 0.3 is 0 Å². The highest BCUT2D eigenvalue weighted by atomic mass is 32.2. The molecule has 0 radical (unpaired) electrons. The van der Waals surface area contributed by atoms with Crippen LogP contribution in [0.2, 0.25) is 0 Å². The second kappa shape index (κ2) is 10.5. The SMILES string of the molecule is CC(=O)NCCc1ccc(S(=O)(=O)NC(=O)c2ccc(C(=O)NCCO)nc2)cc1. The zero-order valence-electron chi connectivity index (χ0n) is 16.2. The van der Waals surface area contributed by atoms with Gasteiger partial charge in [-0.25, -0.2) is 13.1 Å². The summed E-state index contributed by atoms with van der Waals surface area (Å²) in [5, 5.41) is 13.8. The van der Waals surface area contributed by atoms with E-state index in [-0.39, 0.29) is 35.2 Å². The number of aliphatic hydroxyl groups excluding tert-OH is 1. The van der Waals surface area contributed by atoms with Gasteiger partial charge < -0.3 is 15.7 Å². The molecule has 0 fully saturated rings. The van der Waals surface area contributed by atoms with Gasteiger partial charge in [0.1, 0.15) is 5.69 Å². The molecule has 1 heterocycles. The standard InChI is InChI=1S/C19H22N4O6S/c1-13(25)20-9-8-14-2-5-16(6-3-14)30(28,29)23-18(26)15-4-7-17(22-12-15)19(27)21-10-11-24/h2-7,12,24H,8-11H2,1H3,(H,20,25)(H,21,27)(H,23,26). The Morgan fingerprint density at radius 3 is 2.23 bits per heavy atom. The molecule has 1 aromatic heterocycles. The highest BCUT2D eigenvalue weighted by Crippen LogP contribution is 2.12. The normalized spacial score (nSPS) is 10.9. The molecule has 2 rings (SSSR count). The zero-order valence-corrected chi connectivity index (χ0v) is 17.0. The number of nitrogens with one attached hydrogen (secondary N) is 3. The molecular weight excluding hydrogens is 412 g/mol. The van der Waals surface area contributed by atoms with Gasteiger partial charge in [0, 0.05) is 26.2 Å². The molecule has 30 heavy (non-hydrogen) atoms. The first-order chi connectivity index (χ1) is 14.2. The van der Waals surface area contributed by atoms with E-state index in [0.29, 0.717) is 13.0 Å². The molecule has 0 saturated heterocycles. The quantitative estimate of drug-likeness (QED) is 0.419. The smallest absolute Gasteiger partial charge is 0.269 e. The third kappa shape index (κ3) is 6.64. The van der Waals surface area contributed by atoms with E-state index in [4.69, 9.17) is 5.11 Å². The number of nitrogens with zero attached hydrogens (tertiary/aromatic N) is 1. The predicted molar refractivity (Wildman–Crippen MR) is 107 cm³/mol. The molecule has 2 aromatic rings. The van der Waals surface area contributed by atoms with Gasteiger partial charge in [0.25, 0.3) is 21.8 Å². The second-order valence-electron chi connectivity index (χ2n) is 6.22. The maximum atomic E-state index is 12.4. The summed E-state index contributed by atoms with van der Waals surface area (Å²) >= 11 is 0. The van der Waals surface area contributed by atoms with Crippen LogP contribution in [0.15, 0.2) is 47.5 Å². The van der Waals surface area contributed by atoms with E-state index in [1.807, 2.05) is 4.72 Å². The fourth-order valence-electron chi connectivity index (χ4n) is 2.38. The molecule has 0 aliphatic carbocycles. The van der Waals surface area contributed by atoms with Crippen LogP contribution in [-0.2, 0) is 21.2 Å². The van der Waals surface area contributed by atoms with Gasteiger partial charge in [-0.2, -0.15) is 0 Å². The summed E-state index contributed by atoms with van der Waals surface area (Å²) < 4.78 is 26.8. The first kappa shape index (κ1) is 23.0. The Hall–Kier alpha value is -3.31. The number of amides is 3. The van der Waals surface area contributed by atoms with Crippen molar-refractivity contribution in [2.75, 3.05) is 19.7 Å². The lowest BCUT2D eigenvalue weighted by Gasteiger charge is -2.09. The molecule has 0 aliphatic rings. The van der Waals surface area contributed by atoms with Crippen molar-refractivity contribution in [3.63, 3.8) is 0 Å². The molecule has 160 valence electrons. The van der Waals surface area contributed by atoms with Gasteiger partial charge in [0.2, 0.25) is 5.91 Å². The molecule has 0 spiro atoms. The molecule has 1 aromatic carbocycles. The fraction of sp³-hybridized carbons (Fsp3) is 0.263. The van der Waals surface area contributed by atoms with Crippen LogP contribution in [0.4, 0.5) is 0 Å². The minimum atomic E-state index is -4.10. The second-order valence-corrected chi connectivity index (χ2v) is 7.91. The summed E-state index contributed by atoms with van der Waals surface area (Å²) in [7, 11) is -4.10. The van der Waals surface area contributed by atoms with Gasteiger partial charge in [-0.1, -0.05) is 12.1 Å². The van der Waals surface area contributed by atoms with E-state index in [2.05, 4.69) is 15.6 Å². The number of aromatic nitrogens is 1. The van der Waals surface area contributed by atoms with Gasteiger partial charge in [-0.3, -0.25) is 19.4 Å². The Bertz CT molecular complexity index is 1000. The first-order valence-corrected chi connectivity index (χ1v) is 10.5. The van der Waals surface area contributed by atoms with E-state index in [9.17, 15) is 22.8 Å². The van der Waals surface area contributed by atoms with Crippen LogP contribution in [0.1, 0.15) is 33.3 Å². The summed E-state index contributed by atoms with van der Waals surface area (Å²) in [6.45, 7) is 1.68. The number of carbonyl (C=O) groups is 3. The monoisotopic (exact) mass is 434 g/mol. The van der Waals surface area contributed by atoms with E-state index in [1.54, 1.807) is 12.1 Å². The molecule has 0 atom stereocenters. The largest absolute Gasteiger partial charge is 0.395 e. The number of sulfonamides is 1. The lowest BCUT2D eigenvalue weighted by Crippen LogP contribution is -2.31. The van der Waals surface area contributed by atoms with Crippen LogP contribution in [0.3, 0.4) is 0 Å². The minimum Gasteiger partial charge on any atom is -0.395 e. The molecule has 0 bridgehead atoms. The fourth-order valence-corrected chi connectivity index (χ4v) is 3.35. The number of hydrogen-bond acceptors (Lipinski definition) is 7. The molecule has 3 amide bonds. The van der Waals surface area contributed by atoms with Crippen molar-refractivity contribution in [1.29, 1.82) is 0 Å². The van der Waals surface area contributed by atoms with Gasteiger partial charge in [0.15, 0.2) is 0 Å². The average molecular weight is 434 g/mol. The topological polar surface area (TPSA) is 155 Å². The van der Waals surface area contributed by atoms with Crippen LogP contribution in [0.5, 0.6) is 0 Å². The molecule has 0 unspecified atom stereocenters. The first-order valence-electron chi connectivity index (χ1n) is 8.98. The van der Waals surface area contributed by atoms with E-state index in [0.717, 1.165) is 11.8 Å². The average Bonchev–Trinajstić information content (AvgIpc) is 2.72. The molecule has 11 heteroatoms. The molecule has 0 aliphatic heterocycles. The van der Waals surface area contributed by atoms with Gasteiger partial charge in [-0.05, 0) is 36.2 Å². The lowest BCUT2D eigenvalue weighted by atomic mass is 10.1. The van der Waals surface area contributed by atoms with Crippen molar-refractivity contribution in [2.45, 2.75) is 18.2 Å². The van der Waals surface area contributed by atoms with Crippen molar-refractivity contribution in [3.05, 3.63) is 59.4 Å². The molecular formula is C19H22N4O6S. The third-order valence-electron chi connectivity index (χ3n) is 3.90. The van der Waals surface area contributed by atoms with Gasteiger partial charge in [-0.15, -0.1) is 0 Å². The number of benzene rings is 1. The number of aliphatic hydroxyl groups is 1. The van der Waals surface area contributed by atoms with Crippen molar-refractivity contribution in [1.82, 2.24) is 20.3 Å². The Kier molecular flexibility index (Phi) is 8.01. The van der Waals surface area contributed by atoms with E-state index < -0.39 is 21.8 Å². The van der Waals surface area contributed by atoms with Crippen LogP contribution in [-0.4, -0.2) is 55.9 Å². The van der Waals surface area contributed by atoms with Crippen molar-refractivity contribution < 1.29 is 27.9 Å². The van der Waals surface area contributed by atoms with Crippen LogP contribution in [0, 0.1) is 0 Å². The Morgan fingerprint density at radius 1 is 0.967 bits per heavy atom. The third-order valence-corrected chi connectivity index (χ3v) is 5.25. The summed E-state index contributed by atoms with van der Waals surface area (Å²) in [6.07, 6.45) is 1.62. The predicted octanol–water partition coefficient (Wildman–Crippen LogP) is -0.399. The summed E-state index contributed by atoms with van der Waals surface area (Å²) in [5.41, 5.74) is 0.815. The van der Waals surface area contributed by atoms with E-state index in [1.165, 1.54) is 31.2 Å². The highest BCUT2D eigenvalue weighted by molar-refractivity contribution is 7.90. The molecule has 4 N–H and O–H groups in total. The van der Waals surface area contributed by atoms with Crippen LogP contribution < -0.4 is 15.4 Å². The van der Waals surface area contributed by atoms with Crippen LogP contribution in [0.25, 0.3) is 0 Å². The summed E-state index contributed by atoms with van der Waals surface area (Å²) in [4.78, 5) is 38.6. The molecule has 10 nitrogen and oxygen atoms in total. The number of rotatable bonds is 9. The number of pyridine rings is 1. The zero-order chi connectivity index (χ0) is 22.1. The minimum absolute atomic E-state index is 0.0257. The van der Waals surface area contributed by atoms with Crippen molar-refractivity contribution in [2.24, 2.45) is 0 Å². The number of hydrogen-bond donors (Lipinski definition) is 4. The van der Waals surface area contributed by atoms with E-state index >= 15 is 0 Å². The van der Waals surface area contributed by atoms with Crippen molar-refractivity contribution >= 4 is 27.7 Å². The summed E-state index contributed by atoms with van der Waals surface area (Å²) in [6, 6.07) is 8.48. The number of carbonyl (C=O) groups excluding carboxylic acids is 3. The highest BCUT2D eigenvalue weighted by Gasteiger charge is 2.19. The van der Waals surface area contributed by atoms with Gasteiger partial charge in [0.05, 0.1) is 17.1 Å². The Balaban J connectivity index is 2.01. The lowest BCUT2D eigenvalue weighted by molar-refractivity contribution is -0.118. The maximum Gasteiger partial charge on any atom is 0.269 e. The Labute approximate surface area is 173 Å². The van der Waals surface area contributed by atoms with Crippen LogP contribution >= 0.6 is 0 Å². The molecule has 0 saturated carbocycles. The maximum absolute atomic E-state index is 12.4. The van der Waals surface area contributed by atoms with Crippen molar-refractivity contribution in [3.8, 4) is 0 Å². The Morgan fingerprint density at radius 2 is 1.67 bits per heavy atom. The summed E-state index contributed by atoms with van der Waals surface area (Å²) in [5.74, 6) is -1.56.